The average Bonchev–Trinajstić information content (AvgIpc) is 2.96. The van der Waals surface area contributed by atoms with Gasteiger partial charge in [0.25, 0.3) is 0 Å². The van der Waals surface area contributed by atoms with Gasteiger partial charge in [0.15, 0.2) is 0 Å². The van der Waals surface area contributed by atoms with E-state index in [2.05, 4.69) is 0 Å². The van der Waals surface area contributed by atoms with Crippen LogP contribution in [0.25, 0.3) is 0 Å². The SMILES string of the molecule is CCOC(=O)C1=C(N)N2C(=O)[C@@H](C)SC2=C(C(=O)OC)[C@@H]1c1ccccc1Cl. The first kappa shape index (κ1) is 20.3. The molecule has 2 aliphatic rings. The fraction of sp³-hybridized carbons (Fsp3) is 0.316. The lowest BCUT2D eigenvalue weighted by Gasteiger charge is -2.33. The van der Waals surface area contributed by atoms with Gasteiger partial charge in [-0.2, -0.15) is 0 Å². The van der Waals surface area contributed by atoms with E-state index in [0.717, 1.165) is 0 Å². The van der Waals surface area contributed by atoms with Crippen molar-refractivity contribution in [3.8, 4) is 0 Å². The first-order chi connectivity index (χ1) is 13.3. The van der Waals surface area contributed by atoms with Gasteiger partial charge in [-0.3, -0.25) is 9.69 Å². The van der Waals surface area contributed by atoms with Crippen LogP contribution < -0.4 is 5.73 Å². The number of rotatable bonds is 4. The van der Waals surface area contributed by atoms with Crippen LogP contribution in [0, 0.1) is 0 Å². The van der Waals surface area contributed by atoms with Crippen LogP contribution in [-0.2, 0) is 23.9 Å². The molecule has 2 N–H and O–H groups in total. The van der Waals surface area contributed by atoms with E-state index in [9.17, 15) is 14.4 Å². The van der Waals surface area contributed by atoms with E-state index in [4.69, 9.17) is 26.8 Å². The van der Waals surface area contributed by atoms with Gasteiger partial charge in [0, 0.05) is 5.02 Å². The molecule has 0 aliphatic carbocycles. The molecule has 0 unspecified atom stereocenters. The van der Waals surface area contributed by atoms with Crippen LogP contribution in [0.3, 0.4) is 0 Å². The summed E-state index contributed by atoms with van der Waals surface area (Å²) in [6.45, 7) is 3.46. The Morgan fingerprint density at radius 1 is 1.25 bits per heavy atom. The molecule has 1 aromatic carbocycles. The Hall–Kier alpha value is -2.45. The predicted molar refractivity (Wildman–Crippen MR) is 105 cm³/mol. The highest BCUT2D eigenvalue weighted by molar-refractivity contribution is 8.04. The van der Waals surface area contributed by atoms with Crippen molar-refractivity contribution in [3.05, 3.63) is 56.8 Å². The largest absolute Gasteiger partial charge is 0.466 e. The van der Waals surface area contributed by atoms with Crippen LogP contribution in [-0.4, -0.2) is 41.7 Å². The molecule has 2 atom stereocenters. The van der Waals surface area contributed by atoms with Gasteiger partial charge in [-0.1, -0.05) is 41.6 Å². The summed E-state index contributed by atoms with van der Waals surface area (Å²) in [5.74, 6) is -2.69. The normalized spacial score (nSPS) is 21.7. The standard InChI is InChI=1S/C19H19ClN2O5S/c1-4-27-19(25)13-12(10-7-5-6-8-11(10)20)14(18(24)26-3)17-22(15(13)21)16(23)9(2)28-17/h5-9,12H,4,21H2,1-3H3/t9-,12-/m1/s1. The third-order valence-electron chi connectivity index (χ3n) is 4.50. The predicted octanol–water partition coefficient (Wildman–Crippen LogP) is 2.52. The Bertz CT molecular complexity index is 927. The number of ether oxygens (including phenoxy) is 2. The van der Waals surface area contributed by atoms with Gasteiger partial charge in [-0.15, -0.1) is 0 Å². The van der Waals surface area contributed by atoms with Gasteiger partial charge < -0.3 is 15.2 Å². The lowest BCUT2D eigenvalue weighted by atomic mass is 9.82. The summed E-state index contributed by atoms with van der Waals surface area (Å²) in [7, 11) is 1.24. The van der Waals surface area contributed by atoms with Crippen molar-refractivity contribution in [2.45, 2.75) is 25.0 Å². The smallest absolute Gasteiger partial charge is 0.338 e. The minimum Gasteiger partial charge on any atom is -0.466 e. The zero-order valence-electron chi connectivity index (χ0n) is 15.5. The third kappa shape index (κ3) is 3.16. The van der Waals surface area contributed by atoms with Crippen LogP contribution >= 0.6 is 23.4 Å². The molecule has 1 fully saturated rings. The van der Waals surface area contributed by atoms with E-state index in [-0.39, 0.29) is 29.5 Å². The van der Waals surface area contributed by atoms with Crippen molar-refractivity contribution >= 4 is 41.2 Å². The van der Waals surface area contributed by atoms with Crippen LogP contribution in [0.2, 0.25) is 5.02 Å². The summed E-state index contributed by atoms with van der Waals surface area (Å²) in [4.78, 5) is 39.4. The van der Waals surface area contributed by atoms with E-state index in [1.54, 1.807) is 38.1 Å². The molecule has 148 valence electrons. The molecule has 9 heteroatoms. The Morgan fingerprint density at radius 3 is 2.54 bits per heavy atom. The van der Waals surface area contributed by atoms with Crippen molar-refractivity contribution < 1.29 is 23.9 Å². The van der Waals surface area contributed by atoms with Crippen LogP contribution in [0.1, 0.15) is 25.3 Å². The lowest BCUT2D eigenvalue weighted by molar-refractivity contribution is -0.139. The van der Waals surface area contributed by atoms with Gasteiger partial charge in [0.1, 0.15) is 5.82 Å². The Balaban J connectivity index is 2.34. The highest BCUT2D eigenvalue weighted by atomic mass is 35.5. The number of methoxy groups -OCH3 is 1. The Kier molecular flexibility index (Phi) is 5.71. The highest BCUT2D eigenvalue weighted by Gasteiger charge is 2.49. The van der Waals surface area contributed by atoms with E-state index in [1.807, 2.05) is 0 Å². The average molecular weight is 423 g/mol. The van der Waals surface area contributed by atoms with Crippen LogP contribution in [0.15, 0.2) is 46.3 Å². The number of benzene rings is 1. The van der Waals surface area contributed by atoms with Gasteiger partial charge in [0.2, 0.25) is 5.91 Å². The van der Waals surface area contributed by atoms with Crippen molar-refractivity contribution in [2.24, 2.45) is 5.73 Å². The molecule has 7 nitrogen and oxygen atoms in total. The molecule has 0 saturated carbocycles. The number of carbonyl (C=O) groups excluding carboxylic acids is 3. The number of hydrogen-bond donors (Lipinski definition) is 1. The fourth-order valence-electron chi connectivity index (χ4n) is 3.27. The van der Waals surface area contributed by atoms with Gasteiger partial charge in [0.05, 0.1) is 41.1 Å². The van der Waals surface area contributed by atoms with E-state index in [0.29, 0.717) is 15.6 Å². The lowest BCUT2D eigenvalue weighted by Crippen LogP contribution is -2.40. The molecule has 1 amide bonds. The van der Waals surface area contributed by atoms with Crippen molar-refractivity contribution in [1.29, 1.82) is 0 Å². The molecule has 0 bridgehead atoms. The molecule has 0 aromatic heterocycles. The summed E-state index contributed by atoms with van der Waals surface area (Å²) < 4.78 is 10.2. The maximum Gasteiger partial charge on any atom is 0.338 e. The van der Waals surface area contributed by atoms with Crippen molar-refractivity contribution in [3.63, 3.8) is 0 Å². The van der Waals surface area contributed by atoms with Gasteiger partial charge >= 0.3 is 11.9 Å². The molecular weight excluding hydrogens is 404 g/mol. The zero-order chi connectivity index (χ0) is 20.6. The number of fused-ring (bicyclic) bond motifs is 1. The highest BCUT2D eigenvalue weighted by Crippen LogP contribution is 2.50. The Morgan fingerprint density at radius 2 is 1.93 bits per heavy atom. The van der Waals surface area contributed by atoms with Gasteiger partial charge in [-0.05, 0) is 25.5 Å². The topological polar surface area (TPSA) is 98.9 Å². The quantitative estimate of drug-likeness (QED) is 0.744. The summed E-state index contributed by atoms with van der Waals surface area (Å²) in [6.07, 6.45) is 0. The molecule has 0 spiro atoms. The molecule has 3 rings (SSSR count). The van der Waals surface area contributed by atoms with Crippen LogP contribution in [0.4, 0.5) is 0 Å². The first-order valence-corrected chi connectivity index (χ1v) is 9.83. The molecule has 2 aliphatic heterocycles. The number of hydrogen-bond acceptors (Lipinski definition) is 7. The monoisotopic (exact) mass is 422 g/mol. The van der Waals surface area contributed by atoms with Crippen molar-refractivity contribution in [2.75, 3.05) is 13.7 Å². The number of amides is 1. The second-order valence-electron chi connectivity index (χ2n) is 6.12. The minimum atomic E-state index is -0.919. The number of thioether (sulfide) groups is 1. The molecule has 1 saturated heterocycles. The summed E-state index contributed by atoms with van der Waals surface area (Å²) in [5.41, 5.74) is 6.89. The molecule has 28 heavy (non-hydrogen) atoms. The number of nitrogens with two attached hydrogens (primary N) is 1. The second kappa shape index (κ2) is 7.89. The fourth-order valence-corrected chi connectivity index (χ4v) is 4.68. The van der Waals surface area contributed by atoms with Gasteiger partial charge in [-0.25, -0.2) is 9.59 Å². The minimum absolute atomic E-state index is 0.0119. The van der Waals surface area contributed by atoms with E-state index >= 15 is 0 Å². The van der Waals surface area contributed by atoms with E-state index in [1.165, 1.54) is 23.8 Å². The first-order valence-electron chi connectivity index (χ1n) is 8.57. The van der Waals surface area contributed by atoms with Crippen LogP contribution in [0.5, 0.6) is 0 Å². The third-order valence-corrected chi connectivity index (χ3v) is 6.03. The summed E-state index contributed by atoms with van der Waals surface area (Å²) in [5, 5.41) is 0.224. The zero-order valence-corrected chi connectivity index (χ0v) is 17.1. The summed E-state index contributed by atoms with van der Waals surface area (Å²) >= 11 is 7.58. The number of nitrogens with zero attached hydrogens (tertiary/aromatic N) is 1. The summed E-state index contributed by atoms with van der Waals surface area (Å²) in [6, 6.07) is 6.82. The van der Waals surface area contributed by atoms with E-state index < -0.39 is 23.1 Å². The maximum atomic E-state index is 12.8. The Labute approximate surface area is 171 Å². The molecule has 0 radical (unpaired) electrons. The molecule has 2 heterocycles. The second-order valence-corrected chi connectivity index (χ2v) is 7.85. The number of halogens is 1. The molecular formula is C19H19ClN2O5S. The molecule has 1 aromatic rings. The van der Waals surface area contributed by atoms with Crippen molar-refractivity contribution in [1.82, 2.24) is 4.90 Å². The maximum absolute atomic E-state index is 12.8. The number of esters is 2. The number of carbonyl (C=O) groups is 3.